The summed E-state index contributed by atoms with van der Waals surface area (Å²) in [5, 5.41) is 9.58. The Bertz CT molecular complexity index is 1170. The second-order valence-corrected chi connectivity index (χ2v) is 8.25. The number of carboxylic acid groups (broad SMARTS) is 1. The van der Waals surface area contributed by atoms with Crippen LogP contribution >= 0.6 is 15.9 Å². The number of hydrogen-bond acceptors (Lipinski definition) is 2. The molecule has 0 saturated carbocycles. The molecule has 31 heavy (non-hydrogen) atoms. The minimum Gasteiger partial charge on any atom is -0.478 e. The van der Waals surface area contributed by atoms with Gasteiger partial charge >= 0.3 is 5.97 Å². The molecule has 0 fully saturated rings. The molecule has 0 aliphatic heterocycles. The van der Waals surface area contributed by atoms with Crippen LogP contribution in [0.1, 0.15) is 11.3 Å². The van der Waals surface area contributed by atoms with Gasteiger partial charge in [-0.2, -0.15) is 0 Å². The standard InChI is InChI=1S/C26H22BrNO3/c1-18-7-16-24(28(18)22-12-10-21(27)11-13-22)20-8-14-23(15-9-20)31-25(26(29)30)17-19-5-3-2-4-6-19/h2-16,25H,17H2,1H3,(H,29,30)/t25-/m1/s1. The lowest BCUT2D eigenvalue weighted by Gasteiger charge is -2.16. The summed E-state index contributed by atoms with van der Waals surface area (Å²) in [6.45, 7) is 2.07. The Morgan fingerprint density at radius 3 is 2.26 bits per heavy atom. The quantitative estimate of drug-likeness (QED) is 0.341. The Morgan fingerprint density at radius 2 is 1.61 bits per heavy atom. The van der Waals surface area contributed by atoms with Crippen LogP contribution in [0.3, 0.4) is 0 Å². The first-order valence-corrected chi connectivity index (χ1v) is 10.8. The highest BCUT2D eigenvalue weighted by atomic mass is 79.9. The van der Waals surface area contributed by atoms with Crippen molar-refractivity contribution in [2.75, 3.05) is 0 Å². The van der Waals surface area contributed by atoms with E-state index in [-0.39, 0.29) is 0 Å². The van der Waals surface area contributed by atoms with Gasteiger partial charge in [-0.15, -0.1) is 0 Å². The zero-order valence-corrected chi connectivity index (χ0v) is 18.6. The number of aryl methyl sites for hydroxylation is 1. The van der Waals surface area contributed by atoms with E-state index in [9.17, 15) is 9.90 Å². The molecule has 5 heteroatoms. The van der Waals surface area contributed by atoms with Crippen LogP contribution in [0.5, 0.6) is 5.75 Å². The minimum atomic E-state index is -0.979. The fraction of sp³-hybridized carbons (Fsp3) is 0.115. The van der Waals surface area contributed by atoms with E-state index in [0.717, 1.165) is 32.7 Å². The highest BCUT2D eigenvalue weighted by Crippen LogP contribution is 2.29. The van der Waals surface area contributed by atoms with Crippen molar-refractivity contribution in [2.24, 2.45) is 0 Å². The first kappa shape index (κ1) is 20.9. The number of rotatable bonds is 7. The monoisotopic (exact) mass is 475 g/mol. The molecule has 0 aliphatic rings. The van der Waals surface area contributed by atoms with Crippen LogP contribution in [0.2, 0.25) is 0 Å². The van der Waals surface area contributed by atoms with Crippen molar-refractivity contribution in [3.8, 4) is 22.7 Å². The van der Waals surface area contributed by atoms with E-state index in [1.165, 1.54) is 0 Å². The van der Waals surface area contributed by atoms with E-state index in [1.54, 1.807) is 0 Å². The van der Waals surface area contributed by atoms with Crippen LogP contribution in [0.4, 0.5) is 0 Å². The van der Waals surface area contributed by atoms with Crippen LogP contribution in [0.15, 0.2) is 95.5 Å². The van der Waals surface area contributed by atoms with E-state index in [4.69, 9.17) is 4.74 Å². The normalized spacial score (nSPS) is 11.8. The average molecular weight is 476 g/mol. The van der Waals surface area contributed by atoms with Gasteiger partial charge in [0.2, 0.25) is 0 Å². The lowest BCUT2D eigenvalue weighted by atomic mass is 10.1. The zero-order chi connectivity index (χ0) is 21.8. The Labute approximate surface area is 189 Å². The number of aromatic nitrogens is 1. The van der Waals surface area contributed by atoms with Gasteiger partial charge in [-0.1, -0.05) is 46.3 Å². The summed E-state index contributed by atoms with van der Waals surface area (Å²) in [7, 11) is 0. The number of carboxylic acids is 1. The van der Waals surface area contributed by atoms with Crippen LogP contribution < -0.4 is 4.74 Å². The molecule has 0 saturated heterocycles. The fourth-order valence-corrected chi connectivity index (χ4v) is 3.84. The van der Waals surface area contributed by atoms with Gasteiger partial charge in [-0.05, 0) is 78.7 Å². The Morgan fingerprint density at radius 1 is 0.935 bits per heavy atom. The van der Waals surface area contributed by atoms with Crippen molar-refractivity contribution in [1.29, 1.82) is 0 Å². The summed E-state index contributed by atoms with van der Waals surface area (Å²) in [5.74, 6) is -0.446. The largest absolute Gasteiger partial charge is 0.478 e. The molecular formula is C26H22BrNO3. The number of aliphatic carboxylic acids is 1. The summed E-state index contributed by atoms with van der Waals surface area (Å²) >= 11 is 3.48. The van der Waals surface area contributed by atoms with Gasteiger partial charge in [-0.3, -0.25) is 0 Å². The van der Waals surface area contributed by atoms with Crippen LogP contribution in [-0.2, 0) is 11.2 Å². The van der Waals surface area contributed by atoms with Gasteiger partial charge in [0.15, 0.2) is 6.10 Å². The molecule has 1 N–H and O–H groups in total. The second kappa shape index (κ2) is 9.23. The van der Waals surface area contributed by atoms with Crippen molar-refractivity contribution < 1.29 is 14.6 Å². The molecule has 0 aliphatic carbocycles. The topological polar surface area (TPSA) is 51.5 Å². The van der Waals surface area contributed by atoms with E-state index in [1.807, 2.05) is 66.7 Å². The zero-order valence-electron chi connectivity index (χ0n) is 17.0. The molecule has 1 heterocycles. The molecule has 0 radical (unpaired) electrons. The number of nitrogens with zero attached hydrogens (tertiary/aromatic N) is 1. The molecule has 4 aromatic rings. The first-order valence-electron chi connectivity index (χ1n) is 9.99. The summed E-state index contributed by atoms with van der Waals surface area (Å²) in [6.07, 6.45) is -0.633. The van der Waals surface area contributed by atoms with Crippen LogP contribution in [0, 0.1) is 6.92 Å². The van der Waals surface area contributed by atoms with Crippen molar-refractivity contribution in [3.05, 3.63) is 107 Å². The van der Waals surface area contributed by atoms with Crippen molar-refractivity contribution in [1.82, 2.24) is 4.57 Å². The predicted molar refractivity (Wildman–Crippen MR) is 126 cm³/mol. The predicted octanol–water partition coefficient (Wildman–Crippen LogP) is 6.29. The van der Waals surface area contributed by atoms with E-state index in [2.05, 4.69) is 51.7 Å². The van der Waals surface area contributed by atoms with Gasteiger partial charge < -0.3 is 14.4 Å². The van der Waals surface area contributed by atoms with Crippen molar-refractivity contribution >= 4 is 21.9 Å². The number of benzene rings is 3. The van der Waals surface area contributed by atoms with Gasteiger partial charge in [0, 0.05) is 22.3 Å². The highest BCUT2D eigenvalue weighted by Gasteiger charge is 2.20. The van der Waals surface area contributed by atoms with Gasteiger partial charge in [-0.25, -0.2) is 4.79 Å². The van der Waals surface area contributed by atoms with Crippen molar-refractivity contribution in [3.63, 3.8) is 0 Å². The van der Waals surface area contributed by atoms with E-state index >= 15 is 0 Å². The van der Waals surface area contributed by atoms with Crippen LogP contribution in [0.25, 0.3) is 16.9 Å². The summed E-state index contributed by atoms with van der Waals surface area (Å²) in [4.78, 5) is 11.7. The molecule has 156 valence electrons. The van der Waals surface area contributed by atoms with Crippen LogP contribution in [-0.4, -0.2) is 21.7 Å². The molecule has 1 atom stereocenters. The molecule has 4 rings (SSSR count). The third kappa shape index (κ3) is 4.89. The molecule has 0 unspecified atom stereocenters. The molecule has 0 amide bonds. The molecule has 3 aromatic carbocycles. The SMILES string of the molecule is Cc1ccc(-c2ccc(O[C@H](Cc3ccccc3)C(=O)O)cc2)n1-c1ccc(Br)cc1. The molecule has 4 nitrogen and oxygen atoms in total. The maximum absolute atomic E-state index is 11.7. The number of ether oxygens (including phenoxy) is 1. The van der Waals surface area contributed by atoms with Crippen molar-refractivity contribution in [2.45, 2.75) is 19.4 Å². The van der Waals surface area contributed by atoms with Gasteiger partial charge in [0.05, 0.1) is 5.69 Å². The third-order valence-electron chi connectivity index (χ3n) is 5.13. The Balaban J connectivity index is 1.56. The van der Waals surface area contributed by atoms with Gasteiger partial charge in [0.25, 0.3) is 0 Å². The average Bonchev–Trinajstić information content (AvgIpc) is 3.16. The van der Waals surface area contributed by atoms with E-state index < -0.39 is 12.1 Å². The lowest BCUT2D eigenvalue weighted by Crippen LogP contribution is -2.29. The maximum Gasteiger partial charge on any atom is 0.345 e. The maximum atomic E-state index is 11.7. The second-order valence-electron chi connectivity index (χ2n) is 7.33. The number of halogens is 1. The molecule has 0 bridgehead atoms. The Hall–Kier alpha value is -3.31. The number of carbonyl (C=O) groups is 1. The van der Waals surface area contributed by atoms with Gasteiger partial charge in [0.1, 0.15) is 5.75 Å². The summed E-state index contributed by atoms with van der Waals surface area (Å²) in [6, 6.07) is 29.4. The summed E-state index contributed by atoms with van der Waals surface area (Å²) < 4.78 is 9.02. The lowest BCUT2D eigenvalue weighted by molar-refractivity contribution is -0.145. The number of hydrogen-bond donors (Lipinski definition) is 1. The smallest absolute Gasteiger partial charge is 0.345 e. The Kier molecular flexibility index (Phi) is 6.23. The molecular weight excluding hydrogens is 454 g/mol. The first-order chi connectivity index (χ1) is 15.0. The molecule has 0 spiro atoms. The molecule has 1 aromatic heterocycles. The summed E-state index contributed by atoms with van der Waals surface area (Å²) in [5.41, 5.74) is 5.22. The third-order valence-corrected chi connectivity index (χ3v) is 5.66. The van der Waals surface area contributed by atoms with E-state index in [0.29, 0.717) is 12.2 Å². The minimum absolute atomic E-state index is 0.309. The highest BCUT2D eigenvalue weighted by molar-refractivity contribution is 9.10. The fourth-order valence-electron chi connectivity index (χ4n) is 3.57.